The number of rotatable bonds is 49. The molecule has 36 heteroatoms. The van der Waals surface area contributed by atoms with E-state index in [1.165, 1.54) is 0 Å². The molecule has 4 heterocycles. The highest BCUT2D eigenvalue weighted by Crippen LogP contribution is 2.27. The van der Waals surface area contributed by atoms with Crippen molar-refractivity contribution in [3.05, 3.63) is 0 Å². The first-order chi connectivity index (χ1) is 46.1. The molecule has 0 bridgehead atoms. The van der Waals surface area contributed by atoms with Gasteiger partial charge in [-0.15, -0.1) is 20.3 Å². The van der Waals surface area contributed by atoms with Crippen LogP contribution in [0.2, 0.25) is 0 Å². The monoisotopic (exact) mass is 1400 g/mol. The molecule has 0 radical (unpaired) electrons. The lowest BCUT2D eigenvalue weighted by Crippen LogP contribution is -2.47. The van der Waals surface area contributed by atoms with Crippen LogP contribution in [-0.4, -0.2) is 243 Å². The molecule has 98 heavy (non-hydrogen) atoms. The third-order valence-electron chi connectivity index (χ3n) is 14.2. The largest absolute Gasteiger partial charge is 0.463 e. The van der Waals surface area contributed by atoms with Gasteiger partial charge < -0.3 is 76.2 Å². The highest BCUT2D eigenvalue weighted by atomic mass is 16.7. The Morgan fingerprint density at radius 2 is 0.520 bits per heavy atom. The van der Waals surface area contributed by atoms with Crippen LogP contribution >= 0.6 is 0 Å². The van der Waals surface area contributed by atoms with E-state index in [9.17, 15) is 76.7 Å². The summed E-state index contributed by atoms with van der Waals surface area (Å²) in [4.78, 5) is 212. The zero-order chi connectivity index (χ0) is 72.7. The van der Waals surface area contributed by atoms with Crippen LogP contribution in [0.15, 0.2) is 0 Å². The number of esters is 4. The Balaban J connectivity index is 1.38. The van der Waals surface area contributed by atoms with Crippen molar-refractivity contribution in [2.75, 3.05) is 106 Å². The summed E-state index contributed by atoms with van der Waals surface area (Å²) in [5.74, 6) is -12.4. The van der Waals surface area contributed by atoms with Gasteiger partial charge in [0.25, 0.3) is 47.3 Å². The Morgan fingerprint density at radius 1 is 0.265 bits per heavy atom. The molecule has 0 aromatic carbocycles. The summed E-state index contributed by atoms with van der Waals surface area (Å²) in [7, 11) is 0. The van der Waals surface area contributed by atoms with Gasteiger partial charge in [-0.3, -0.25) is 57.5 Å². The highest BCUT2D eigenvalue weighted by molar-refractivity contribution is 6.03. The van der Waals surface area contributed by atoms with Crippen LogP contribution in [0, 0.1) is 5.41 Å². The third-order valence-corrected chi connectivity index (χ3v) is 14.2. The van der Waals surface area contributed by atoms with E-state index in [0.717, 1.165) is 0 Å². The maximum atomic E-state index is 12.7. The lowest BCUT2D eigenvalue weighted by Gasteiger charge is -2.38. The van der Waals surface area contributed by atoms with Gasteiger partial charge in [-0.1, -0.05) is 0 Å². The van der Waals surface area contributed by atoms with Crippen LogP contribution in [0.4, 0.5) is 0 Å². The van der Waals surface area contributed by atoms with Gasteiger partial charge in [-0.2, -0.15) is 0 Å². The smallest absolute Gasteiger partial charge is 0.333 e. The Labute approximate surface area is 564 Å². The van der Waals surface area contributed by atoms with Crippen molar-refractivity contribution in [1.82, 2.24) is 20.3 Å². The molecular weight excluding hydrogens is 1310 g/mol. The van der Waals surface area contributed by atoms with E-state index >= 15 is 0 Å². The molecule has 0 aromatic heterocycles. The minimum Gasteiger partial charge on any atom is -0.463 e. The van der Waals surface area contributed by atoms with Crippen LogP contribution in [-0.2, 0) is 153 Å². The van der Waals surface area contributed by atoms with Gasteiger partial charge in [0.1, 0.15) is 26.4 Å². The van der Waals surface area contributed by atoms with Crippen molar-refractivity contribution < 1.29 is 153 Å². The molecule has 1 unspecified atom stereocenters. The highest BCUT2D eigenvalue weighted by Gasteiger charge is 2.39. The Bertz CT molecular complexity index is 2790. The number of nitrogens with zero attached hydrogens (tertiary/aromatic N) is 4. The van der Waals surface area contributed by atoms with Crippen molar-refractivity contribution in [2.24, 2.45) is 5.41 Å². The van der Waals surface area contributed by atoms with Crippen molar-refractivity contribution >= 4 is 95.0 Å². The second-order valence-corrected chi connectivity index (χ2v) is 25.3. The number of hydrogen-bond donors (Lipinski definition) is 0. The maximum Gasteiger partial charge on any atom is 0.333 e. The van der Waals surface area contributed by atoms with Gasteiger partial charge in [-0.25, -0.2) is 19.2 Å². The maximum absolute atomic E-state index is 12.7. The summed E-state index contributed by atoms with van der Waals surface area (Å²) < 4.78 is 70.3. The summed E-state index contributed by atoms with van der Waals surface area (Å²) in [5.41, 5.74) is -5.32. The molecule has 550 valence electrons. The zero-order valence-corrected chi connectivity index (χ0v) is 56.7. The molecular formula is C62H90N4O32. The molecule has 8 amide bonds. The number of ether oxygens (including phenoxy) is 12. The molecule has 1 atom stereocenters. The third kappa shape index (κ3) is 31.7. The van der Waals surface area contributed by atoms with E-state index in [1.54, 1.807) is 55.4 Å². The zero-order valence-electron chi connectivity index (χ0n) is 56.7. The Hall–Kier alpha value is -8.00. The van der Waals surface area contributed by atoms with Crippen LogP contribution in [0.25, 0.3) is 0 Å². The topological polar surface area (TPSA) is 434 Å². The fourth-order valence-corrected chi connectivity index (χ4v) is 8.47. The number of carbonyl (C=O) groups excluding carboxylic acids is 16. The van der Waals surface area contributed by atoms with E-state index in [-0.39, 0.29) is 163 Å². The average molecular weight is 1400 g/mol. The first-order valence-electron chi connectivity index (χ1n) is 31.8. The van der Waals surface area contributed by atoms with Crippen molar-refractivity contribution in [2.45, 2.75) is 187 Å². The molecule has 0 aliphatic carbocycles. The van der Waals surface area contributed by atoms with Gasteiger partial charge in [0.05, 0.1) is 152 Å². The Morgan fingerprint density at radius 3 is 0.898 bits per heavy atom. The molecule has 4 saturated heterocycles. The second-order valence-electron chi connectivity index (χ2n) is 25.3. The number of hydrogen-bond acceptors (Lipinski definition) is 32. The fraction of sp³-hybridized carbons (Fsp3) is 0.742. The summed E-state index contributed by atoms with van der Waals surface area (Å²) in [6, 6.07) is 0. The molecule has 4 aliphatic heterocycles. The molecule has 0 spiro atoms. The number of imide groups is 4. The molecule has 0 saturated carbocycles. The van der Waals surface area contributed by atoms with Crippen LogP contribution in [0.1, 0.15) is 165 Å². The standard InChI is InChI=1S/C62H90N4O32/c1-58(2,91-34-32-88-51(76)18-22-55(80)96-64-44(69)11-12-45(64)70)25-26-84-38-62(39-85-28-27-83-29-31-87-50(75)17-21-54(79)95-63-42(67)9-10-43(63)68,40-86-30-33-92-59(3,4)35-89-52(77)19-23-56(81)97-65-46(71)13-14-47(65)72)41-94-61(7,8)37-93-60(5,6)36-90-53(78)20-24-57(82)98-66-48(73)15-16-49(66)74/h9-41H2,1-8H3. The quantitative estimate of drug-likeness (QED) is 0.0359. The van der Waals surface area contributed by atoms with Gasteiger partial charge in [0, 0.05) is 58.0 Å². The van der Waals surface area contributed by atoms with E-state index < -0.39 is 174 Å². The predicted octanol–water partition coefficient (Wildman–Crippen LogP) is 1.33. The molecule has 4 rings (SSSR count). The molecule has 0 aromatic rings. The molecule has 36 nitrogen and oxygen atoms in total. The molecule has 0 N–H and O–H groups in total. The average Bonchev–Trinajstić information content (AvgIpc) is 1.57. The number of amides is 8. The van der Waals surface area contributed by atoms with Gasteiger partial charge in [0.15, 0.2) is 0 Å². The van der Waals surface area contributed by atoms with Crippen molar-refractivity contribution in [1.29, 1.82) is 0 Å². The van der Waals surface area contributed by atoms with Gasteiger partial charge in [-0.05, 0) is 61.8 Å². The summed E-state index contributed by atoms with van der Waals surface area (Å²) in [6.45, 7) is 11.9. The van der Waals surface area contributed by atoms with Gasteiger partial charge >= 0.3 is 47.8 Å². The van der Waals surface area contributed by atoms with E-state index in [0.29, 0.717) is 20.3 Å². The minimum atomic E-state index is -1.16. The Kier molecular flexibility index (Phi) is 33.8. The lowest BCUT2D eigenvalue weighted by molar-refractivity contribution is -0.198. The first kappa shape index (κ1) is 82.4. The van der Waals surface area contributed by atoms with Crippen molar-refractivity contribution in [3.63, 3.8) is 0 Å². The van der Waals surface area contributed by atoms with E-state index in [4.69, 9.17) is 76.2 Å². The number of hydroxylamine groups is 8. The summed E-state index contributed by atoms with van der Waals surface area (Å²) in [6.07, 6.45) is -3.99. The number of carbonyl (C=O) groups is 16. The molecule has 4 fully saturated rings. The lowest BCUT2D eigenvalue weighted by atomic mass is 9.91. The summed E-state index contributed by atoms with van der Waals surface area (Å²) in [5, 5.41) is 1.50. The van der Waals surface area contributed by atoms with Crippen LogP contribution < -0.4 is 0 Å². The van der Waals surface area contributed by atoms with Gasteiger partial charge in [0.2, 0.25) is 0 Å². The SMILES string of the molecule is CC(C)(CCOCC(COCCOCCOC(=O)CCC(=O)ON1C(=O)CCC1=O)(COCCOC(C)(C)COC(=O)CCC(=O)ON1C(=O)CCC1=O)COC(C)(C)COC(C)(C)COC(=O)CCC(=O)ON1C(=O)CCC1=O)OCCOC(=O)CCC(=O)ON1C(=O)CCC1=O. The minimum absolute atomic E-state index is 0.0151. The first-order valence-corrected chi connectivity index (χ1v) is 31.8. The van der Waals surface area contributed by atoms with Crippen LogP contribution in [0.5, 0.6) is 0 Å². The predicted molar refractivity (Wildman–Crippen MR) is 320 cm³/mol. The van der Waals surface area contributed by atoms with Crippen molar-refractivity contribution in [3.8, 4) is 0 Å². The molecule has 4 aliphatic rings. The fourth-order valence-electron chi connectivity index (χ4n) is 8.47. The van der Waals surface area contributed by atoms with E-state index in [2.05, 4.69) is 0 Å². The second kappa shape index (κ2) is 40.2. The van der Waals surface area contributed by atoms with Crippen LogP contribution in [0.3, 0.4) is 0 Å². The summed E-state index contributed by atoms with van der Waals surface area (Å²) >= 11 is 0. The van der Waals surface area contributed by atoms with E-state index in [1.807, 2.05) is 0 Å². The normalized spacial score (nSPS) is 16.0.